The van der Waals surface area contributed by atoms with E-state index in [1.165, 1.54) is 17.8 Å². The van der Waals surface area contributed by atoms with Crippen LogP contribution in [0.15, 0.2) is 6.07 Å². The highest BCUT2D eigenvalue weighted by molar-refractivity contribution is 8.82. The minimum absolute atomic E-state index is 0.0495. The molecule has 0 aromatic heterocycles. The van der Waals surface area contributed by atoms with E-state index in [9.17, 15) is 4.39 Å². The fourth-order valence-corrected chi connectivity index (χ4v) is 127. The summed E-state index contributed by atoms with van der Waals surface area (Å²) in [4.78, 5) is 0. The largest absolute Gasteiger partial charge is 0.397 e. The lowest BCUT2D eigenvalue weighted by atomic mass is 9.82. The quantitative estimate of drug-likeness (QED) is 0.390. The Morgan fingerprint density at radius 2 is 0.656 bits per heavy atom. The van der Waals surface area contributed by atoms with Gasteiger partial charge in [-0.25, -0.2) is 4.39 Å². The molecule has 53 heteroatoms. The zero-order chi connectivity index (χ0) is 46.0. The predicted octanol–water partition coefficient (Wildman–Crippen LogP) is 1.95. The molecule has 0 aliphatic carbocycles. The van der Waals surface area contributed by atoms with Gasteiger partial charge in [-0.15, -0.1) is 0 Å². The van der Waals surface area contributed by atoms with Crippen LogP contribution in [0.1, 0.15) is 37.0 Å². The molecule has 64 heavy (non-hydrogen) atoms. The number of fused-ring (bicyclic) bond motifs is 5. The van der Waals surface area contributed by atoms with Crippen LogP contribution in [-0.2, 0) is 450 Å². The highest BCUT2D eigenvalue weighted by Gasteiger charge is 2.49. The molecule has 1 saturated heterocycles. The van der Waals surface area contributed by atoms with Crippen molar-refractivity contribution in [2.45, 2.75) is 31.5 Å². The fourth-order valence-electron chi connectivity index (χ4n) is 3.20. The minimum atomic E-state index is -0.390. The molecule has 0 saturated carbocycles. The maximum absolute atomic E-state index is 13.9. The van der Waals surface area contributed by atoms with Gasteiger partial charge < -0.3 is 16.2 Å². The van der Waals surface area contributed by atoms with Crippen LogP contribution < -0.4 is 11.5 Å². The lowest BCUT2D eigenvalue weighted by Crippen LogP contribution is -2.18. The summed E-state index contributed by atoms with van der Waals surface area (Å²) in [6.07, 6.45) is 1.66. The van der Waals surface area contributed by atoms with Crippen molar-refractivity contribution < 1.29 is 9.13 Å². The van der Waals surface area contributed by atoms with Crippen LogP contribution in [0.5, 0.6) is 0 Å². The Labute approximate surface area is 512 Å². The van der Waals surface area contributed by atoms with E-state index < -0.39 is 5.82 Å². The SMILES string of the molecule is CC12CCC(O1)c1c2cc(N)c(N)c1F.S=S=S=S=S=S=S=S=S=S=S=S=S=S=S=S=S=S=S=S=S=S=S=S=S=S=S=S=S=S=S=S=S=S=S=S=S=S=S=S=S=S=S=S=S=S=S=S=S. The van der Waals surface area contributed by atoms with E-state index in [-0.39, 0.29) is 17.4 Å². The zero-order valence-corrected chi connectivity index (χ0v) is 68.5. The van der Waals surface area contributed by atoms with Gasteiger partial charge in [0.15, 0.2) is 5.82 Å². The third-order valence-corrected chi connectivity index (χ3v) is 107. The van der Waals surface area contributed by atoms with Gasteiger partial charge in [-0.3, -0.25) is 0 Å². The monoisotopic (exact) mass is 1770 g/mol. The van der Waals surface area contributed by atoms with Gasteiger partial charge in [-0.05, 0) is 31.4 Å². The number of ether oxygens (including phenoxy) is 1. The van der Waals surface area contributed by atoms with Gasteiger partial charge in [0.25, 0.3) is 0 Å². The second-order valence-electron chi connectivity index (χ2n) is 7.73. The third kappa shape index (κ3) is 38.2. The standard InChI is InChI=1S/C11H13FN2O.S49/c1-11-3-2-7(15-11)8-5(11)4-6(13)10(14)9(8)12;1-3-5-7-9-11-13-15-17-19-21-23-25-27-29-31-33-35-37-39-41-43-45-47-49-48-46-44-42-40-38-36-34-32-30-28-26-24-22-20-18-16-14-12-10-8-6-4-2/h4,7H,2-3,13-14H2,1H3;. The molecule has 1 fully saturated rings. The molecule has 2 aliphatic rings. The molecule has 3 rings (SSSR count). The molecule has 2 heterocycles. The van der Waals surface area contributed by atoms with Crippen LogP contribution in [0.2, 0.25) is 0 Å². The summed E-state index contributed by atoms with van der Waals surface area (Å²) in [6, 6.07) is 1.76. The molecular formula is C11H13FN2OS49. The molecule has 4 N–H and O–H groups in total. The lowest BCUT2D eigenvalue weighted by molar-refractivity contribution is -0.00749. The van der Waals surface area contributed by atoms with Gasteiger partial charge >= 0.3 is 0 Å². The highest BCUT2D eigenvalue weighted by atomic mass is 33.5. The Balaban J connectivity index is 0.000000769. The van der Waals surface area contributed by atoms with Gasteiger partial charge in [0.1, 0.15) is 0 Å². The summed E-state index contributed by atoms with van der Waals surface area (Å²) in [5.74, 6) is -0.390. The Morgan fingerprint density at radius 1 is 0.438 bits per heavy atom. The molecule has 2 atom stereocenters. The van der Waals surface area contributed by atoms with Crippen molar-refractivity contribution in [3.8, 4) is 0 Å². The second kappa shape index (κ2) is 51.9. The topological polar surface area (TPSA) is 61.3 Å². The highest BCUT2D eigenvalue weighted by Crippen LogP contribution is 2.56. The number of nitrogen functional groups attached to an aromatic ring is 2. The van der Waals surface area contributed by atoms with Crippen molar-refractivity contribution in [1.82, 2.24) is 0 Å². The number of hydrogen-bond acceptors (Lipinski definition) is 5. The van der Waals surface area contributed by atoms with E-state index in [0.717, 1.165) is 18.4 Å². The van der Waals surface area contributed by atoms with Crippen LogP contribution in [0, 0.1) is 5.82 Å². The molecule has 2 bridgehead atoms. The van der Waals surface area contributed by atoms with Gasteiger partial charge in [0.05, 0.1) is 23.1 Å². The number of benzene rings is 1. The van der Waals surface area contributed by atoms with Gasteiger partial charge in [0, 0.05) is 445 Å². The van der Waals surface area contributed by atoms with E-state index in [2.05, 4.69) is 0 Å². The van der Waals surface area contributed by atoms with E-state index in [1.807, 2.05) is 300 Å². The Hall–Kier alpha value is 9.49. The van der Waals surface area contributed by atoms with Crippen molar-refractivity contribution in [3.05, 3.63) is 23.0 Å². The summed E-state index contributed by atoms with van der Waals surface area (Å²) in [5.41, 5.74) is 12.7. The Bertz CT molecular complexity index is 3970. The summed E-state index contributed by atoms with van der Waals surface area (Å²) in [5, 5.41) is 0. The first-order valence-corrected chi connectivity index (χ1v) is 77.1. The summed E-state index contributed by atoms with van der Waals surface area (Å²) in [7, 11) is 83.9. The maximum atomic E-state index is 13.9. The molecule has 1 aromatic carbocycles. The lowest BCUT2D eigenvalue weighted by Gasteiger charge is -2.22. The normalized spacial score (nSPS) is 13.4. The van der Waals surface area contributed by atoms with Crippen molar-refractivity contribution >= 4 is 451 Å². The minimum Gasteiger partial charge on any atom is -0.397 e. The van der Waals surface area contributed by atoms with Crippen LogP contribution in [0.25, 0.3) is 0 Å². The molecule has 2 aliphatic heterocycles. The Morgan fingerprint density at radius 3 is 0.875 bits per heavy atom. The van der Waals surface area contributed by atoms with Gasteiger partial charge in [0.2, 0.25) is 0 Å². The van der Waals surface area contributed by atoms with Crippen molar-refractivity contribution in [3.63, 3.8) is 0 Å². The third-order valence-electron chi connectivity index (χ3n) is 4.83. The second-order valence-corrected chi connectivity index (χ2v) is 90.9. The molecule has 1 aromatic rings. The first-order chi connectivity index (χ1) is 31.4. The average molecular weight is 1780 g/mol. The number of rotatable bonds is 0. The fraction of sp³-hybridized carbons (Fsp3) is 0.455. The van der Waals surface area contributed by atoms with Crippen LogP contribution >= 0.6 is 0 Å². The van der Waals surface area contributed by atoms with Gasteiger partial charge in [-0.1, -0.05) is 0 Å². The summed E-state index contributed by atoms with van der Waals surface area (Å²) >= 11 is 9.62. The van der Waals surface area contributed by atoms with E-state index in [0.29, 0.717) is 11.3 Å². The molecule has 0 spiro atoms. The predicted molar refractivity (Wildman–Crippen MR) is 417 cm³/mol. The van der Waals surface area contributed by atoms with Crippen LogP contribution in [0.3, 0.4) is 0 Å². The number of anilines is 2. The molecule has 0 radical (unpaired) electrons. The van der Waals surface area contributed by atoms with Crippen molar-refractivity contribution in [2.75, 3.05) is 11.5 Å². The summed E-state index contributed by atoms with van der Waals surface area (Å²) in [6.45, 7) is 1.98. The van der Waals surface area contributed by atoms with Crippen molar-refractivity contribution in [2.24, 2.45) is 0 Å². The maximum Gasteiger partial charge on any atom is 0.154 e. The zero-order valence-electron chi connectivity index (χ0n) is 28.5. The first-order valence-electron chi connectivity index (χ1n) is 13.1. The van der Waals surface area contributed by atoms with E-state index in [1.54, 1.807) is 113 Å². The number of hydrogen-bond donors (Lipinski definition) is 2. The molecule has 374 valence electrons. The van der Waals surface area contributed by atoms with Crippen molar-refractivity contribution in [1.29, 1.82) is 0 Å². The molecule has 0 amide bonds. The number of halogens is 1. The summed E-state index contributed by atoms with van der Waals surface area (Å²) < 4.78 is 19.7. The van der Waals surface area contributed by atoms with Gasteiger partial charge in [-0.2, -0.15) is 0 Å². The number of nitrogens with two attached hydrogens (primary N) is 2. The average Bonchev–Trinajstić information content (AvgIpc) is 3.82. The molecule has 3 nitrogen and oxygen atoms in total. The molecule has 2 unspecified atom stereocenters. The van der Waals surface area contributed by atoms with E-state index in [4.69, 9.17) is 38.6 Å². The van der Waals surface area contributed by atoms with Crippen LogP contribution in [0.4, 0.5) is 15.8 Å². The Kier molecular flexibility index (Phi) is 56.4. The smallest absolute Gasteiger partial charge is 0.154 e. The van der Waals surface area contributed by atoms with Crippen LogP contribution in [-0.4, -0.2) is 0 Å². The molecular weight excluding hydrogens is 1770 g/mol. The first kappa shape index (κ1) is 69.6. The van der Waals surface area contributed by atoms with E-state index >= 15 is 0 Å².